The van der Waals surface area contributed by atoms with E-state index in [2.05, 4.69) is 15.6 Å². The van der Waals surface area contributed by atoms with Gasteiger partial charge in [0, 0.05) is 18.9 Å². The first-order valence-electron chi connectivity index (χ1n) is 9.07. The molecule has 2 aromatic carbocycles. The maximum atomic E-state index is 13.0. The summed E-state index contributed by atoms with van der Waals surface area (Å²) in [4.78, 5) is 29.0. The van der Waals surface area contributed by atoms with Crippen molar-refractivity contribution in [3.05, 3.63) is 89.5 Å². The van der Waals surface area contributed by atoms with E-state index in [1.54, 1.807) is 30.3 Å². The third-order valence-corrected chi connectivity index (χ3v) is 4.06. The van der Waals surface area contributed by atoms with Crippen LogP contribution in [0.25, 0.3) is 0 Å². The van der Waals surface area contributed by atoms with Crippen LogP contribution in [0.5, 0.6) is 5.75 Å². The van der Waals surface area contributed by atoms with Crippen molar-refractivity contribution in [3.8, 4) is 5.75 Å². The second kappa shape index (κ2) is 9.45. The zero-order valence-corrected chi connectivity index (χ0v) is 15.8. The zero-order chi connectivity index (χ0) is 20.6. The van der Waals surface area contributed by atoms with Crippen LogP contribution in [0.15, 0.2) is 67.0 Å². The molecule has 0 saturated heterocycles. The van der Waals surface area contributed by atoms with Crippen molar-refractivity contribution in [2.45, 2.75) is 13.5 Å². The lowest BCUT2D eigenvalue weighted by Gasteiger charge is -2.11. The highest BCUT2D eigenvalue weighted by Crippen LogP contribution is 2.24. The number of para-hydroxylation sites is 2. The fourth-order valence-electron chi connectivity index (χ4n) is 2.62. The Bertz CT molecular complexity index is 1010. The molecule has 0 aliphatic rings. The van der Waals surface area contributed by atoms with Crippen molar-refractivity contribution in [2.75, 3.05) is 11.9 Å². The van der Waals surface area contributed by atoms with Gasteiger partial charge < -0.3 is 15.4 Å². The fraction of sp³-hybridized carbons (Fsp3) is 0.136. The highest BCUT2D eigenvalue weighted by atomic mass is 19.1. The highest BCUT2D eigenvalue weighted by Gasteiger charge is 2.13. The molecular weight excluding hydrogens is 373 g/mol. The van der Waals surface area contributed by atoms with Crippen molar-refractivity contribution in [1.29, 1.82) is 0 Å². The minimum Gasteiger partial charge on any atom is -0.492 e. The standard InChI is InChI=1S/C22H20FN3O3/c1-2-29-20-6-4-3-5-19(20)26-22(28)17-11-16(13-24-14-17)21(27)25-12-15-7-9-18(23)10-8-15/h3-11,13-14H,2,12H2,1H3,(H,25,27)(H,26,28). The van der Waals surface area contributed by atoms with E-state index in [0.717, 1.165) is 5.56 Å². The van der Waals surface area contributed by atoms with Gasteiger partial charge in [-0.25, -0.2) is 4.39 Å². The number of pyridine rings is 1. The quantitative estimate of drug-likeness (QED) is 0.640. The Labute approximate surface area is 167 Å². The first-order valence-corrected chi connectivity index (χ1v) is 9.07. The number of amides is 2. The van der Waals surface area contributed by atoms with E-state index in [-0.39, 0.29) is 29.4 Å². The summed E-state index contributed by atoms with van der Waals surface area (Å²) < 4.78 is 18.5. The van der Waals surface area contributed by atoms with Crippen LogP contribution in [0.4, 0.5) is 10.1 Å². The Balaban J connectivity index is 1.67. The van der Waals surface area contributed by atoms with Crippen molar-refractivity contribution >= 4 is 17.5 Å². The van der Waals surface area contributed by atoms with Crippen molar-refractivity contribution in [2.24, 2.45) is 0 Å². The SMILES string of the molecule is CCOc1ccccc1NC(=O)c1cncc(C(=O)NCc2ccc(F)cc2)c1. The Morgan fingerprint density at radius 1 is 1.00 bits per heavy atom. The molecule has 0 aliphatic carbocycles. The molecule has 0 bridgehead atoms. The Morgan fingerprint density at radius 2 is 1.69 bits per heavy atom. The van der Waals surface area contributed by atoms with Gasteiger partial charge in [0.1, 0.15) is 11.6 Å². The van der Waals surface area contributed by atoms with Gasteiger partial charge in [0.25, 0.3) is 11.8 Å². The third-order valence-electron chi connectivity index (χ3n) is 4.06. The Hall–Kier alpha value is -3.74. The number of hydrogen-bond acceptors (Lipinski definition) is 4. The zero-order valence-electron chi connectivity index (χ0n) is 15.8. The smallest absolute Gasteiger partial charge is 0.257 e. The molecule has 0 radical (unpaired) electrons. The number of carbonyl (C=O) groups is 2. The molecule has 0 fully saturated rings. The van der Waals surface area contributed by atoms with E-state index >= 15 is 0 Å². The van der Waals surface area contributed by atoms with E-state index in [9.17, 15) is 14.0 Å². The molecule has 148 valence electrons. The van der Waals surface area contributed by atoms with E-state index < -0.39 is 5.91 Å². The average Bonchev–Trinajstić information content (AvgIpc) is 2.75. The summed E-state index contributed by atoms with van der Waals surface area (Å²) in [6.07, 6.45) is 2.76. The first-order chi connectivity index (χ1) is 14.1. The number of aromatic nitrogens is 1. The maximum absolute atomic E-state index is 13.0. The Morgan fingerprint density at radius 3 is 2.41 bits per heavy atom. The van der Waals surface area contributed by atoms with E-state index in [4.69, 9.17) is 4.74 Å². The molecule has 0 spiro atoms. The van der Waals surface area contributed by atoms with Crippen LogP contribution in [0.2, 0.25) is 0 Å². The first kappa shape index (κ1) is 20.0. The second-order valence-electron chi connectivity index (χ2n) is 6.15. The number of halogens is 1. The number of benzene rings is 2. The molecule has 3 rings (SSSR count). The van der Waals surface area contributed by atoms with Crippen LogP contribution in [0, 0.1) is 5.82 Å². The topological polar surface area (TPSA) is 80.3 Å². The molecule has 3 aromatic rings. The molecule has 0 unspecified atom stereocenters. The van der Waals surface area contributed by atoms with Gasteiger partial charge in [0.15, 0.2) is 0 Å². The Kier molecular flexibility index (Phi) is 6.52. The van der Waals surface area contributed by atoms with Gasteiger partial charge in [-0.1, -0.05) is 24.3 Å². The normalized spacial score (nSPS) is 10.3. The number of carbonyl (C=O) groups excluding carboxylic acids is 2. The van der Waals surface area contributed by atoms with E-state index in [1.165, 1.54) is 30.6 Å². The maximum Gasteiger partial charge on any atom is 0.257 e. The van der Waals surface area contributed by atoms with Gasteiger partial charge in [-0.2, -0.15) is 0 Å². The summed E-state index contributed by atoms with van der Waals surface area (Å²) in [5.74, 6) is -0.567. The van der Waals surface area contributed by atoms with E-state index in [1.807, 2.05) is 13.0 Å². The van der Waals surface area contributed by atoms with Crippen LogP contribution in [0.3, 0.4) is 0 Å². The average molecular weight is 393 g/mol. The van der Waals surface area contributed by atoms with Crippen molar-refractivity contribution < 1.29 is 18.7 Å². The largest absolute Gasteiger partial charge is 0.492 e. The van der Waals surface area contributed by atoms with E-state index in [0.29, 0.717) is 18.0 Å². The molecule has 0 saturated carbocycles. The molecule has 7 heteroatoms. The number of anilines is 1. The van der Waals surface area contributed by atoms with Gasteiger partial charge in [-0.3, -0.25) is 14.6 Å². The lowest BCUT2D eigenvalue weighted by atomic mass is 10.1. The lowest BCUT2D eigenvalue weighted by molar-refractivity contribution is 0.0950. The molecule has 1 heterocycles. The van der Waals surface area contributed by atoms with Crippen molar-refractivity contribution in [1.82, 2.24) is 10.3 Å². The summed E-state index contributed by atoms with van der Waals surface area (Å²) in [5.41, 5.74) is 1.78. The molecule has 2 N–H and O–H groups in total. The molecule has 2 amide bonds. The van der Waals surface area contributed by atoms with Gasteiger partial charge in [0.05, 0.1) is 23.4 Å². The number of nitrogens with zero attached hydrogens (tertiary/aromatic N) is 1. The summed E-state index contributed by atoms with van der Waals surface area (Å²) in [5, 5.41) is 5.49. The molecule has 0 atom stereocenters. The summed E-state index contributed by atoms with van der Waals surface area (Å²) in [7, 11) is 0. The number of nitrogens with one attached hydrogen (secondary N) is 2. The highest BCUT2D eigenvalue weighted by molar-refractivity contribution is 6.06. The molecule has 0 aliphatic heterocycles. The fourth-order valence-corrected chi connectivity index (χ4v) is 2.62. The third kappa shape index (κ3) is 5.38. The summed E-state index contributed by atoms with van der Waals surface area (Å²) in [6, 6.07) is 14.4. The molecular formula is C22H20FN3O3. The van der Waals surface area contributed by atoms with Gasteiger partial charge >= 0.3 is 0 Å². The minimum atomic E-state index is -0.405. The van der Waals surface area contributed by atoms with Crippen molar-refractivity contribution in [3.63, 3.8) is 0 Å². The second-order valence-corrected chi connectivity index (χ2v) is 6.15. The predicted octanol–water partition coefficient (Wildman–Crippen LogP) is 3.80. The monoisotopic (exact) mass is 393 g/mol. The number of ether oxygens (including phenoxy) is 1. The summed E-state index contributed by atoms with van der Waals surface area (Å²) >= 11 is 0. The summed E-state index contributed by atoms with van der Waals surface area (Å²) in [6.45, 7) is 2.56. The predicted molar refractivity (Wildman–Crippen MR) is 107 cm³/mol. The number of hydrogen-bond donors (Lipinski definition) is 2. The van der Waals surface area contributed by atoms with Gasteiger partial charge in [-0.15, -0.1) is 0 Å². The molecule has 6 nitrogen and oxygen atoms in total. The number of rotatable bonds is 7. The van der Waals surface area contributed by atoms with Gasteiger partial charge in [-0.05, 0) is 42.8 Å². The molecule has 29 heavy (non-hydrogen) atoms. The van der Waals surface area contributed by atoms with Crippen LogP contribution in [0.1, 0.15) is 33.2 Å². The molecule has 1 aromatic heterocycles. The van der Waals surface area contributed by atoms with Crippen LogP contribution >= 0.6 is 0 Å². The van der Waals surface area contributed by atoms with Crippen LogP contribution in [-0.2, 0) is 6.54 Å². The minimum absolute atomic E-state index is 0.233. The van der Waals surface area contributed by atoms with Crippen LogP contribution in [-0.4, -0.2) is 23.4 Å². The van der Waals surface area contributed by atoms with Crippen LogP contribution < -0.4 is 15.4 Å². The lowest BCUT2D eigenvalue weighted by Crippen LogP contribution is -2.23. The van der Waals surface area contributed by atoms with Gasteiger partial charge in [0.2, 0.25) is 0 Å².